The summed E-state index contributed by atoms with van der Waals surface area (Å²) in [5.41, 5.74) is 6.47. The Morgan fingerprint density at radius 2 is 1.78 bits per heavy atom. The molecule has 0 aliphatic heterocycles. The first-order valence-electron chi connectivity index (χ1n) is 6.34. The summed E-state index contributed by atoms with van der Waals surface area (Å²) in [7, 11) is 0. The maximum atomic E-state index is 11.9. The van der Waals surface area contributed by atoms with E-state index in [2.05, 4.69) is 10.9 Å². The van der Waals surface area contributed by atoms with E-state index in [-0.39, 0.29) is 17.7 Å². The van der Waals surface area contributed by atoms with Crippen LogP contribution in [0.3, 0.4) is 0 Å². The molecule has 0 saturated heterocycles. The van der Waals surface area contributed by atoms with Gasteiger partial charge in [0.1, 0.15) is 0 Å². The summed E-state index contributed by atoms with van der Waals surface area (Å²) in [6.07, 6.45) is 4.05. The van der Waals surface area contributed by atoms with Crippen LogP contribution in [-0.2, 0) is 4.79 Å². The van der Waals surface area contributed by atoms with Crippen molar-refractivity contribution in [2.24, 2.45) is 5.92 Å². The van der Waals surface area contributed by atoms with E-state index in [0.29, 0.717) is 5.56 Å². The number of rotatable bonds is 2. The van der Waals surface area contributed by atoms with E-state index in [4.69, 9.17) is 0 Å². The van der Waals surface area contributed by atoms with E-state index < -0.39 is 0 Å². The van der Waals surface area contributed by atoms with Crippen molar-refractivity contribution in [2.75, 3.05) is 0 Å². The van der Waals surface area contributed by atoms with Crippen molar-refractivity contribution >= 4 is 11.8 Å². The van der Waals surface area contributed by atoms with Gasteiger partial charge in [-0.3, -0.25) is 20.4 Å². The van der Waals surface area contributed by atoms with Gasteiger partial charge in [-0.15, -0.1) is 0 Å². The van der Waals surface area contributed by atoms with E-state index in [1.807, 2.05) is 19.1 Å². The zero-order valence-corrected chi connectivity index (χ0v) is 10.5. The van der Waals surface area contributed by atoms with Gasteiger partial charge in [-0.05, 0) is 31.4 Å². The number of benzene rings is 1. The highest BCUT2D eigenvalue weighted by atomic mass is 16.2. The van der Waals surface area contributed by atoms with Gasteiger partial charge in [0.25, 0.3) is 5.91 Å². The van der Waals surface area contributed by atoms with Crippen molar-refractivity contribution in [2.45, 2.75) is 32.6 Å². The first-order valence-corrected chi connectivity index (χ1v) is 6.34. The van der Waals surface area contributed by atoms with Gasteiger partial charge >= 0.3 is 0 Å². The Bertz CT molecular complexity index is 451. The maximum absolute atomic E-state index is 11.9. The molecule has 0 heterocycles. The quantitative estimate of drug-likeness (QED) is 0.783. The molecule has 2 amide bonds. The summed E-state index contributed by atoms with van der Waals surface area (Å²) in [5.74, 6) is -0.281. The van der Waals surface area contributed by atoms with Gasteiger partial charge in [0.15, 0.2) is 0 Å². The fraction of sp³-hybridized carbons (Fsp3) is 0.429. The lowest BCUT2D eigenvalue weighted by atomic mass is 10.1. The minimum absolute atomic E-state index is 0.0576. The third kappa shape index (κ3) is 2.88. The normalized spacial score (nSPS) is 15.4. The van der Waals surface area contributed by atoms with Crippen molar-refractivity contribution in [1.29, 1.82) is 0 Å². The van der Waals surface area contributed by atoms with E-state index in [1.54, 1.807) is 12.1 Å². The summed E-state index contributed by atoms with van der Waals surface area (Å²) in [6, 6.07) is 7.30. The van der Waals surface area contributed by atoms with Crippen molar-refractivity contribution < 1.29 is 9.59 Å². The Morgan fingerprint density at radius 1 is 1.11 bits per heavy atom. The highest BCUT2D eigenvalue weighted by molar-refractivity contribution is 5.96. The number of hydrazine groups is 1. The second-order valence-electron chi connectivity index (χ2n) is 4.74. The highest BCUT2D eigenvalue weighted by Gasteiger charge is 2.22. The lowest BCUT2D eigenvalue weighted by Crippen LogP contribution is -2.44. The molecule has 4 heteroatoms. The van der Waals surface area contributed by atoms with Crippen LogP contribution in [0.25, 0.3) is 0 Å². The fourth-order valence-corrected chi connectivity index (χ4v) is 2.30. The lowest BCUT2D eigenvalue weighted by Gasteiger charge is -2.12. The first kappa shape index (κ1) is 12.6. The number of aryl methyl sites for hydroxylation is 1. The van der Waals surface area contributed by atoms with E-state index in [0.717, 1.165) is 31.2 Å². The fourth-order valence-electron chi connectivity index (χ4n) is 2.30. The van der Waals surface area contributed by atoms with Gasteiger partial charge in [-0.1, -0.05) is 31.0 Å². The molecule has 0 bridgehead atoms. The van der Waals surface area contributed by atoms with E-state index in [9.17, 15) is 9.59 Å². The molecular formula is C14H18N2O2. The van der Waals surface area contributed by atoms with Crippen LogP contribution in [0, 0.1) is 12.8 Å². The SMILES string of the molecule is Cc1ccccc1C(=O)NNC(=O)C1CCCC1. The number of hydrogen-bond donors (Lipinski definition) is 2. The van der Waals surface area contributed by atoms with E-state index in [1.165, 1.54) is 0 Å². The topological polar surface area (TPSA) is 58.2 Å². The van der Waals surface area contributed by atoms with Crippen LogP contribution in [0.2, 0.25) is 0 Å². The van der Waals surface area contributed by atoms with Crippen LogP contribution in [0.4, 0.5) is 0 Å². The molecule has 0 spiro atoms. The molecule has 0 aromatic heterocycles. The standard InChI is InChI=1S/C14H18N2O2/c1-10-6-2-5-9-12(10)14(18)16-15-13(17)11-7-3-4-8-11/h2,5-6,9,11H,3-4,7-8H2,1H3,(H,15,17)(H,16,18). The second-order valence-corrected chi connectivity index (χ2v) is 4.74. The summed E-state index contributed by atoms with van der Waals surface area (Å²) in [4.78, 5) is 23.6. The van der Waals surface area contributed by atoms with Gasteiger partial charge in [-0.2, -0.15) is 0 Å². The molecule has 2 N–H and O–H groups in total. The highest BCUT2D eigenvalue weighted by Crippen LogP contribution is 2.24. The molecule has 1 saturated carbocycles. The van der Waals surface area contributed by atoms with Gasteiger partial charge < -0.3 is 0 Å². The van der Waals surface area contributed by atoms with Gasteiger partial charge in [0, 0.05) is 11.5 Å². The number of amides is 2. The molecule has 18 heavy (non-hydrogen) atoms. The molecular weight excluding hydrogens is 228 g/mol. The number of carbonyl (C=O) groups is 2. The van der Waals surface area contributed by atoms with Crippen LogP contribution in [0.5, 0.6) is 0 Å². The summed E-state index contributed by atoms with van der Waals surface area (Å²) >= 11 is 0. The average Bonchev–Trinajstić information content (AvgIpc) is 2.90. The zero-order chi connectivity index (χ0) is 13.0. The minimum atomic E-state index is -0.264. The Hall–Kier alpha value is -1.84. The second kappa shape index (κ2) is 5.67. The molecule has 1 fully saturated rings. The number of hydrogen-bond acceptors (Lipinski definition) is 2. The first-order chi connectivity index (χ1) is 8.68. The smallest absolute Gasteiger partial charge is 0.269 e. The van der Waals surface area contributed by atoms with Crippen LogP contribution < -0.4 is 10.9 Å². The van der Waals surface area contributed by atoms with Crippen LogP contribution in [0.1, 0.15) is 41.6 Å². The molecule has 1 aliphatic rings. The largest absolute Gasteiger partial charge is 0.273 e. The molecule has 0 atom stereocenters. The Morgan fingerprint density at radius 3 is 2.44 bits per heavy atom. The summed E-state index contributed by atoms with van der Waals surface area (Å²) < 4.78 is 0. The molecule has 1 aromatic rings. The van der Waals surface area contributed by atoms with Crippen LogP contribution in [0.15, 0.2) is 24.3 Å². The molecule has 0 unspecified atom stereocenters. The van der Waals surface area contributed by atoms with Crippen molar-refractivity contribution in [3.05, 3.63) is 35.4 Å². The average molecular weight is 246 g/mol. The number of carbonyl (C=O) groups excluding carboxylic acids is 2. The Balaban J connectivity index is 1.88. The molecule has 0 radical (unpaired) electrons. The molecule has 96 valence electrons. The van der Waals surface area contributed by atoms with Crippen molar-refractivity contribution in [3.63, 3.8) is 0 Å². The monoisotopic (exact) mass is 246 g/mol. The summed E-state index contributed by atoms with van der Waals surface area (Å²) in [5, 5.41) is 0. The lowest BCUT2D eigenvalue weighted by molar-refractivity contribution is -0.125. The third-order valence-electron chi connectivity index (χ3n) is 3.41. The summed E-state index contributed by atoms with van der Waals surface area (Å²) in [6.45, 7) is 1.87. The molecule has 1 aliphatic carbocycles. The van der Waals surface area contributed by atoms with Gasteiger partial charge in [0.2, 0.25) is 5.91 Å². The predicted molar refractivity (Wildman–Crippen MR) is 68.7 cm³/mol. The predicted octanol–water partition coefficient (Wildman–Crippen LogP) is 1.95. The molecule has 2 rings (SSSR count). The van der Waals surface area contributed by atoms with Crippen molar-refractivity contribution in [3.8, 4) is 0 Å². The van der Waals surface area contributed by atoms with E-state index >= 15 is 0 Å². The zero-order valence-electron chi connectivity index (χ0n) is 10.5. The third-order valence-corrected chi connectivity index (χ3v) is 3.41. The Labute approximate surface area is 107 Å². The number of nitrogens with one attached hydrogen (secondary N) is 2. The van der Waals surface area contributed by atoms with Crippen LogP contribution in [-0.4, -0.2) is 11.8 Å². The Kier molecular flexibility index (Phi) is 3.97. The molecule has 1 aromatic carbocycles. The maximum Gasteiger partial charge on any atom is 0.269 e. The molecule has 4 nitrogen and oxygen atoms in total. The van der Waals surface area contributed by atoms with Gasteiger partial charge in [0.05, 0.1) is 0 Å². The van der Waals surface area contributed by atoms with Crippen LogP contribution >= 0.6 is 0 Å². The van der Waals surface area contributed by atoms with Crippen molar-refractivity contribution in [1.82, 2.24) is 10.9 Å². The van der Waals surface area contributed by atoms with Gasteiger partial charge in [-0.25, -0.2) is 0 Å². The minimum Gasteiger partial charge on any atom is -0.273 e.